The van der Waals surface area contributed by atoms with E-state index in [1.807, 2.05) is 83.4 Å². The van der Waals surface area contributed by atoms with Gasteiger partial charge in [0.1, 0.15) is 24.1 Å². The lowest BCUT2D eigenvalue weighted by Gasteiger charge is -2.19. The number of nitrogens with zero attached hydrogens (tertiary/aromatic N) is 2. The van der Waals surface area contributed by atoms with Crippen LogP contribution in [0.3, 0.4) is 0 Å². The van der Waals surface area contributed by atoms with Crippen LogP contribution in [-0.4, -0.2) is 61.9 Å². The van der Waals surface area contributed by atoms with E-state index >= 15 is 0 Å². The Labute approximate surface area is 247 Å². The molecule has 0 aliphatic heterocycles. The van der Waals surface area contributed by atoms with Gasteiger partial charge >= 0.3 is 0 Å². The number of fused-ring (bicyclic) bond motifs is 1. The zero-order valence-electron chi connectivity index (χ0n) is 25.2. The van der Waals surface area contributed by atoms with E-state index in [9.17, 15) is 24.4 Å². The first-order chi connectivity index (χ1) is 20.3. The second-order valence-electron chi connectivity index (χ2n) is 9.20. The Morgan fingerprint density at radius 2 is 1.74 bits per heavy atom. The van der Waals surface area contributed by atoms with Gasteiger partial charge in [-0.15, -0.1) is 0 Å². The molecule has 3 amide bonds. The van der Waals surface area contributed by atoms with Crippen molar-refractivity contribution in [3.63, 3.8) is 0 Å². The van der Waals surface area contributed by atoms with Gasteiger partial charge in [-0.05, 0) is 50.2 Å². The number of carbonyl (C=O) groups excluding carboxylic acids is 4. The summed E-state index contributed by atoms with van der Waals surface area (Å²) in [5.41, 5.74) is 0.867. The van der Waals surface area contributed by atoms with Crippen LogP contribution < -0.4 is 21.3 Å². The summed E-state index contributed by atoms with van der Waals surface area (Å²) < 4.78 is 4.96. The number of aldehydes is 1. The van der Waals surface area contributed by atoms with Gasteiger partial charge in [-0.1, -0.05) is 68.4 Å². The summed E-state index contributed by atoms with van der Waals surface area (Å²) in [7, 11) is 3.75. The first kappa shape index (κ1) is 35.5. The van der Waals surface area contributed by atoms with Crippen LogP contribution >= 0.6 is 0 Å². The molecule has 42 heavy (non-hydrogen) atoms. The predicted octanol–water partition coefficient (Wildman–Crippen LogP) is 3.08. The molecule has 0 radical (unpaired) electrons. The maximum atomic E-state index is 13.1. The summed E-state index contributed by atoms with van der Waals surface area (Å²) >= 11 is 0. The van der Waals surface area contributed by atoms with Crippen molar-refractivity contribution in [1.82, 2.24) is 26.4 Å². The predicted molar refractivity (Wildman–Crippen MR) is 161 cm³/mol. The molecule has 0 bridgehead atoms. The van der Waals surface area contributed by atoms with Crippen LogP contribution in [0.4, 0.5) is 0 Å². The third-order valence-electron chi connectivity index (χ3n) is 5.96. The Kier molecular flexibility index (Phi) is 16.5. The van der Waals surface area contributed by atoms with Crippen molar-refractivity contribution in [2.24, 2.45) is 5.92 Å². The molecular formula is C31H42N6O5. The number of carbonyl (C=O) groups is 4. The highest BCUT2D eigenvalue weighted by Crippen LogP contribution is 2.20. The van der Waals surface area contributed by atoms with Gasteiger partial charge in [0, 0.05) is 18.4 Å². The molecule has 0 saturated heterocycles. The monoisotopic (exact) mass is 578 g/mol. The van der Waals surface area contributed by atoms with Gasteiger partial charge in [-0.3, -0.25) is 14.4 Å². The van der Waals surface area contributed by atoms with Crippen molar-refractivity contribution in [2.45, 2.75) is 59.0 Å². The summed E-state index contributed by atoms with van der Waals surface area (Å²) in [6.07, 6.45) is 1.66. The van der Waals surface area contributed by atoms with Crippen molar-refractivity contribution in [3.05, 3.63) is 65.5 Å². The third-order valence-corrected chi connectivity index (χ3v) is 5.96. The van der Waals surface area contributed by atoms with Gasteiger partial charge in [-0.2, -0.15) is 5.26 Å². The highest BCUT2D eigenvalue weighted by Gasteiger charge is 2.25. The van der Waals surface area contributed by atoms with Crippen LogP contribution in [0.25, 0.3) is 10.8 Å². The number of benzene rings is 2. The van der Waals surface area contributed by atoms with Crippen molar-refractivity contribution in [3.8, 4) is 6.07 Å². The molecule has 3 unspecified atom stereocenters. The molecule has 3 rings (SSSR count). The molecule has 0 spiro atoms. The normalized spacial score (nSPS) is 12.1. The van der Waals surface area contributed by atoms with E-state index in [0.29, 0.717) is 12.2 Å². The summed E-state index contributed by atoms with van der Waals surface area (Å²) in [5.74, 6) is -1.65. The summed E-state index contributed by atoms with van der Waals surface area (Å²) in [4.78, 5) is 49.3. The molecule has 0 aliphatic rings. The maximum Gasteiger partial charge on any atom is 0.274 e. The van der Waals surface area contributed by atoms with E-state index in [0.717, 1.165) is 22.6 Å². The molecule has 0 saturated carbocycles. The first-order valence-electron chi connectivity index (χ1n) is 14.0. The average molecular weight is 579 g/mol. The van der Waals surface area contributed by atoms with Gasteiger partial charge in [0.05, 0.1) is 12.6 Å². The largest absolute Gasteiger partial charge is 0.361 e. The van der Waals surface area contributed by atoms with E-state index in [1.165, 1.54) is 6.07 Å². The minimum absolute atomic E-state index is 0.0310. The van der Waals surface area contributed by atoms with Gasteiger partial charge in [0.2, 0.25) is 11.8 Å². The second-order valence-corrected chi connectivity index (χ2v) is 9.20. The van der Waals surface area contributed by atoms with E-state index in [4.69, 9.17) is 4.52 Å². The first-order valence-corrected chi connectivity index (χ1v) is 14.0. The molecule has 3 aromatic rings. The number of hydrogen-bond donors (Lipinski definition) is 4. The summed E-state index contributed by atoms with van der Waals surface area (Å²) in [5, 5.41) is 25.4. The third kappa shape index (κ3) is 11.5. The van der Waals surface area contributed by atoms with Crippen LogP contribution in [0.15, 0.2) is 53.1 Å². The van der Waals surface area contributed by atoms with E-state index < -0.39 is 36.3 Å². The van der Waals surface area contributed by atoms with Crippen LogP contribution in [0.2, 0.25) is 0 Å². The Morgan fingerprint density at radius 3 is 2.33 bits per heavy atom. The Balaban J connectivity index is 0.00000165. The topological polar surface area (TPSA) is 166 Å². The lowest BCUT2D eigenvalue weighted by molar-refractivity contribution is -0.127. The molecule has 3 atom stereocenters. The minimum Gasteiger partial charge on any atom is -0.361 e. The van der Waals surface area contributed by atoms with Gasteiger partial charge in [-0.25, -0.2) is 0 Å². The zero-order chi connectivity index (χ0) is 31.5. The molecule has 226 valence electrons. The van der Waals surface area contributed by atoms with E-state index in [2.05, 4.69) is 26.4 Å². The number of hydrogen-bond acceptors (Lipinski definition) is 8. The van der Waals surface area contributed by atoms with Crippen molar-refractivity contribution in [2.75, 3.05) is 20.6 Å². The quantitative estimate of drug-likeness (QED) is 0.238. The lowest BCUT2D eigenvalue weighted by Crippen LogP contribution is -2.51. The van der Waals surface area contributed by atoms with Crippen LogP contribution in [0, 0.1) is 24.2 Å². The Morgan fingerprint density at radius 1 is 1.07 bits per heavy atom. The Hall–Kier alpha value is -4.56. The number of nitrogens with one attached hydrogen (secondary N) is 4. The standard InChI is InChI=1S/C27H29N5O5.C2H7N.C2H6/c1-3-18(16-33)12-21(14-28)30-25(34)15-29-26(35)23(31-27(36)24-11-17(2)37-32-24)13-20-9-6-8-19-7-4-5-10-22(19)20;1-3-2;1-2/h4-11,16,18,21,23H,3,12-13,15H2,1-2H3,(H,29,35)(H,30,34)(H,31,36);3H,1-2H3;1-2H3. The van der Waals surface area contributed by atoms with Crippen molar-refractivity contribution in [1.29, 1.82) is 5.26 Å². The second kappa shape index (κ2) is 19.5. The maximum absolute atomic E-state index is 13.1. The number of rotatable bonds is 12. The van der Waals surface area contributed by atoms with Crippen LogP contribution in [-0.2, 0) is 20.8 Å². The van der Waals surface area contributed by atoms with Crippen LogP contribution in [0.5, 0.6) is 0 Å². The molecular weight excluding hydrogens is 536 g/mol. The van der Waals surface area contributed by atoms with E-state index in [-0.39, 0.29) is 24.5 Å². The fourth-order valence-corrected chi connectivity index (χ4v) is 3.91. The van der Waals surface area contributed by atoms with Crippen molar-refractivity contribution < 1.29 is 23.7 Å². The molecule has 1 heterocycles. The van der Waals surface area contributed by atoms with Crippen LogP contribution in [0.1, 0.15) is 55.4 Å². The fourth-order valence-electron chi connectivity index (χ4n) is 3.91. The number of aromatic nitrogens is 1. The molecule has 4 N–H and O–H groups in total. The highest BCUT2D eigenvalue weighted by atomic mass is 16.5. The Bertz CT molecular complexity index is 1330. The average Bonchev–Trinajstić information content (AvgIpc) is 3.45. The summed E-state index contributed by atoms with van der Waals surface area (Å²) in [6.45, 7) is 7.06. The number of aryl methyl sites for hydroxylation is 1. The fraction of sp³-hybridized carbons (Fsp3) is 0.419. The van der Waals surface area contributed by atoms with Gasteiger partial charge in [0.15, 0.2) is 5.69 Å². The lowest BCUT2D eigenvalue weighted by atomic mass is 9.98. The SMILES string of the molecule is CC.CCC(C=O)CC(C#N)NC(=O)CNC(=O)C(Cc1cccc2ccccc12)NC(=O)c1cc(C)on1.CNC. The molecule has 11 nitrogen and oxygen atoms in total. The smallest absolute Gasteiger partial charge is 0.274 e. The summed E-state index contributed by atoms with van der Waals surface area (Å²) in [6, 6.07) is 14.9. The number of amides is 3. The minimum atomic E-state index is -1.02. The molecule has 0 fully saturated rings. The highest BCUT2D eigenvalue weighted by molar-refractivity contribution is 5.97. The molecule has 1 aromatic heterocycles. The van der Waals surface area contributed by atoms with Crippen molar-refractivity contribution >= 4 is 34.8 Å². The number of nitriles is 1. The molecule has 2 aromatic carbocycles. The molecule has 11 heteroatoms. The zero-order valence-corrected chi connectivity index (χ0v) is 25.2. The van der Waals surface area contributed by atoms with Gasteiger partial charge < -0.3 is 30.6 Å². The van der Waals surface area contributed by atoms with E-state index in [1.54, 1.807) is 6.92 Å². The molecule has 0 aliphatic carbocycles. The van der Waals surface area contributed by atoms with Gasteiger partial charge in [0.25, 0.3) is 5.91 Å².